The van der Waals surface area contributed by atoms with Crippen LogP contribution in [0.3, 0.4) is 0 Å². The Kier molecular flexibility index (Phi) is 3.55. The molecule has 2 N–H and O–H groups in total. The fourth-order valence-corrected chi connectivity index (χ4v) is 2.05. The van der Waals surface area contributed by atoms with E-state index >= 15 is 0 Å². The smallest absolute Gasteiger partial charge is 0.291 e. The highest BCUT2D eigenvalue weighted by Crippen LogP contribution is 2.16. The number of nitro groups is 1. The second-order valence-electron chi connectivity index (χ2n) is 4.69. The number of aromatic amines is 1. The zero-order chi connectivity index (χ0) is 16.4. The van der Waals surface area contributed by atoms with Gasteiger partial charge in [-0.15, -0.1) is 0 Å². The first-order chi connectivity index (χ1) is 11.0. The van der Waals surface area contributed by atoms with E-state index in [0.29, 0.717) is 16.6 Å². The monoisotopic (exact) mass is 310 g/mol. The Bertz CT molecular complexity index is 963. The van der Waals surface area contributed by atoms with E-state index in [9.17, 15) is 19.7 Å². The zero-order valence-corrected chi connectivity index (χ0v) is 11.6. The molecular formula is C15H10N4O4. The van der Waals surface area contributed by atoms with E-state index in [-0.39, 0.29) is 11.5 Å². The molecule has 0 radical (unpaired) electrons. The van der Waals surface area contributed by atoms with Gasteiger partial charge in [-0.2, -0.15) is 0 Å². The Morgan fingerprint density at radius 3 is 2.52 bits per heavy atom. The SMILES string of the molecule is O=C(Nc1ccc([N+](=O)[O-])cc1)c1nc2ccccc2c(=O)[nH]1. The largest absolute Gasteiger partial charge is 0.319 e. The highest BCUT2D eigenvalue weighted by Gasteiger charge is 2.12. The normalized spacial score (nSPS) is 10.4. The number of nitro benzene ring substituents is 1. The van der Waals surface area contributed by atoms with Crippen molar-refractivity contribution in [3.63, 3.8) is 0 Å². The Balaban J connectivity index is 1.88. The number of carbonyl (C=O) groups is 1. The molecule has 0 spiro atoms. The third kappa shape index (κ3) is 2.91. The Morgan fingerprint density at radius 1 is 1.13 bits per heavy atom. The Labute approximate surface area is 129 Å². The van der Waals surface area contributed by atoms with Gasteiger partial charge in [0.05, 0.1) is 15.8 Å². The summed E-state index contributed by atoms with van der Waals surface area (Å²) in [5.41, 5.74) is 0.270. The van der Waals surface area contributed by atoms with E-state index in [1.54, 1.807) is 24.3 Å². The second kappa shape index (κ2) is 5.68. The summed E-state index contributed by atoms with van der Waals surface area (Å²) in [6.45, 7) is 0. The van der Waals surface area contributed by atoms with Crippen LogP contribution in [0.25, 0.3) is 10.9 Å². The summed E-state index contributed by atoms with van der Waals surface area (Å²) in [6.07, 6.45) is 0. The average molecular weight is 310 g/mol. The van der Waals surface area contributed by atoms with Gasteiger partial charge in [-0.3, -0.25) is 19.7 Å². The van der Waals surface area contributed by atoms with Crippen molar-refractivity contribution in [3.05, 3.63) is 74.8 Å². The molecule has 0 aliphatic carbocycles. The summed E-state index contributed by atoms with van der Waals surface area (Å²) in [6, 6.07) is 12.0. The van der Waals surface area contributed by atoms with Crippen LogP contribution in [0.15, 0.2) is 53.3 Å². The van der Waals surface area contributed by atoms with Gasteiger partial charge < -0.3 is 10.3 Å². The minimum absolute atomic E-state index is 0.0831. The van der Waals surface area contributed by atoms with Crippen LogP contribution < -0.4 is 10.9 Å². The fraction of sp³-hybridized carbons (Fsp3) is 0. The first-order valence-electron chi connectivity index (χ1n) is 6.59. The number of amides is 1. The number of rotatable bonds is 3. The minimum Gasteiger partial charge on any atom is -0.319 e. The summed E-state index contributed by atoms with van der Waals surface area (Å²) >= 11 is 0. The molecule has 8 heteroatoms. The molecule has 0 atom stereocenters. The molecule has 0 aliphatic rings. The van der Waals surface area contributed by atoms with Crippen molar-refractivity contribution in [1.82, 2.24) is 9.97 Å². The number of aromatic nitrogens is 2. The van der Waals surface area contributed by atoms with Crippen LogP contribution in [0.4, 0.5) is 11.4 Å². The fourth-order valence-electron chi connectivity index (χ4n) is 2.05. The molecule has 0 aliphatic heterocycles. The van der Waals surface area contributed by atoms with Crippen molar-refractivity contribution in [2.45, 2.75) is 0 Å². The number of para-hydroxylation sites is 1. The maximum Gasteiger partial charge on any atom is 0.291 e. The number of anilines is 1. The van der Waals surface area contributed by atoms with Crippen LogP contribution in [0.2, 0.25) is 0 Å². The van der Waals surface area contributed by atoms with E-state index < -0.39 is 16.4 Å². The van der Waals surface area contributed by atoms with E-state index in [0.717, 1.165) is 0 Å². The standard InChI is InChI=1S/C15H10N4O4/c20-14-11-3-1-2-4-12(11)17-13(18-14)15(21)16-9-5-7-10(8-6-9)19(22)23/h1-8H,(H,16,21)(H,17,18,20). The van der Waals surface area contributed by atoms with Gasteiger partial charge in [0, 0.05) is 17.8 Å². The van der Waals surface area contributed by atoms with Crippen molar-refractivity contribution in [1.29, 1.82) is 0 Å². The number of hydrogen-bond donors (Lipinski definition) is 2. The number of benzene rings is 2. The first kappa shape index (κ1) is 14.4. The molecule has 114 valence electrons. The summed E-state index contributed by atoms with van der Waals surface area (Å²) in [5.74, 6) is -0.742. The molecule has 1 heterocycles. The maximum atomic E-state index is 12.2. The Morgan fingerprint density at radius 2 is 1.83 bits per heavy atom. The zero-order valence-electron chi connectivity index (χ0n) is 11.6. The van der Waals surface area contributed by atoms with E-state index in [1.807, 2.05) is 0 Å². The van der Waals surface area contributed by atoms with Gasteiger partial charge >= 0.3 is 0 Å². The molecule has 2 aromatic carbocycles. The number of nitrogens with zero attached hydrogens (tertiary/aromatic N) is 2. The molecule has 23 heavy (non-hydrogen) atoms. The molecule has 3 rings (SSSR count). The second-order valence-corrected chi connectivity index (χ2v) is 4.69. The lowest BCUT2D eigenvalue weighted by Gasteiger charge is -2.05. The third-order valence-corrected chi connectivity index (χ3v) is 3.16. The summed E-state index contributed by atoms with van der Waals surface area (Å²) in [5, 5.41) is 13.5. The van der Waals surface area contributed by atoms with Crippen LogP contribution in [-0.2, 0) is 0 Å². The van der Waals surface area contributed by atoms with Crippen molar-refractivity contribution in [3.8, 4) is 0 Å². The molecule has 0 saturated carbocycles. The van der Waals surface area contributed by atoms with Gasteiger partial charge in [-0.1, -0.05) is 12.1 Å². The number of nitrogens with one attached hydrogen (secondary N) is 2. The van der Waals surface area contributed by atoms with E-state index in [2.05, 4.69) is 15.3 Å². The number of H-pyrrole nitrogens is 1. The number of carbonyl (C=O) groups excluding carboxylic acids is 1. The number of fused-ring (bicyclic) bond motifs is 1. The van der Waals surface area contributed by atoms with Crippen LogP contribution in [0.5, 0.6) is 0 Å². The molecule has 3 aromatic rings. The highest BCUT2D eigenvalue weighted by atomic mass is 16.6. The maximum absolute atomic E-state index is 12.2. The summed E-state index contributed by atoms with van der Waals surface area (Å²) in [4.78, 5) is 40.6. The van der Waals surface area contributed by atoms with Gasteiger partial charge in [0.15, 0.2) is 5.82 Å². The lowest BCUT2D eigenvalue weighted by molar-refractivity contribution is -0.384. The third-order valence-electron chi connectivity index (χ3n) is 3.16. The van der Waals surface area contributed by atoms with Crippen LogP contribution in [0, 0.1) is 10.1 Å². The first-order valence-corrected chi connectivity index (χ1v) is 6.59. The van der Waals surface area contributed by atoms with Crippen LogP contribution in [-0.4, -0.2) is 20.8 Å². The molecule has 0 saturated heterocycles. The van der Waals surface area contributed by atoms with E-state index in [4.69, 9.17) is 0 Å². The van der Waals surface area contributed by atoms with Crippen molar-refractivity contribution < 1.29 is 9.72 Å². The molecule has 0 fully saturated rings. The predicted octanol–water partition coefficient (Wildman–Crippen LogP) is 2.08. The molecule has 0 unspecified atom stereocenters. The molecule has 1 amide bonds. The molecule has 1 aromatic heterocycles. The highest BCUT2D eigenvalue weighted by molar-refractivity contribution is 6.02. The van der Waals surface area contributed by atoms with Crippen LogP contribution >= 0.6 is 0 Å². The lowest BCUT2D eigenvalue weighted by atomic mass is 10.2. The summed E-state index contributed by atoms with van der Waals surface area (Å²) in [7, 11) is 0. The molecule has 8 nitrogen and oxygen atoms in total. The predicted molar refractivity (Wildman–Crippen MR) is 83.4 cm³/mol. The summed E-state index contributed by atoms with van der Waals surface area (Å²) < 4.78 is 0. The van der Waals surface area contributed by atoms with Crippen molar-refractivity contribution in [2.75, 3.05) is 5.32 Å². The van der Waals surface area contributed by atoms with Gasteiger partial charge in [0.25, 0.3) is 17.2 Å². The Hall–Kier alpha value is -3.55. The molecular weight excluding hydrogens is 300 g/mol. The van der Waals surface area contributed by atoms with E-state index in [1.165, 1.54) is 24.3 Å². The number of non-ortho nitro benzene ring substituents is 1. The average Bonchev–Trinajstić information content (AvgIpc) is 2.55. The number of hydrogen-bond acceptors (Lipinski definition) is 5. The minimum atomic E-state index is -0.610. The quantitative estimate of drug-likeness (QED) is 0.567. The van der Waals surface area contributed by atoms with Gasteiger partial charge in [-0.05, 0) is 24.3 Å². The van der Waals surface area contributed by atoms with Gasteiger partial charge in [0.2, 0.25) is 0 Å². The lowest BCUT2D eigenvalue weighted by Crippen LogP contribution is -2.21. The van der Waals surface area contributed by atoms with Gasteiger partial charge in [0.1, 0.15) is 0 Å². The molecule has 0 bridgehead atoms. The van der Waals surface area contributed by atoms with Gasteiger partial charge in [-0.25, -0.2) is 4.98 Å². The van der Waals surface area contributed by atoms with Crippen molar-refractivity contribution in [2.24, 2.45) is 0 Å². The van der Waals surface area contributed by atoms with Crippen molar-refractivity contribution >= 4 is 28.2 Å². The topological polar surface area (TPSA) is 118 Å². The van der Waals surface area contributed by atoms with Crippen LogP contribution in [0.1, 0.15) is 10.6 Å².